The lowest BCUT2D eigenvalue weighted by Crippen LogP contribution is -2.28. The molecule has 0 aromatic carbocycles. The van der Waals surface area contributed by atoms with Crippen LogP contribution in [0.15, 0.2) is 17.0 Å². The van der Waals surface area contributed by atoms with Crippen LogP contribution in [0.5, 0.6) is 0 Å². The monoisotopic (exact) mass is 237 g/mol. The maximum absolute atomic E-state index is 4.61. The van der Waals surface area contributed by atoms with Gasteiger partial charge in [-0.15, -0.1) is 11.3 Å². The third kappa shape index (κ3) is 3.14. The maximum atomic E-state index is 4.61. The SMILES string of the molecule is CNCc1nc(CN2CC=C(C)CC2)cs1. The fraction of sp³-hybridized carbons (Fsp3) is 0.583. The fourth-order valence-electron chi connectivity index (χ4n) is 1.84. The molecule has 1 N–H and O–H groups in total. The number of rotatable bonds is 4. The summed E-state index contributed by atoms with van der Waals surface area (Å²) in [5.41, 5.74) is 2.73. The Morgan fingerprint density at radius 3 is 3.12 bits per heavy atom. The number of hydrogen-bond acceptors (Lipinski definition) is 4. The first-order chi connectivity index (χ1) is 7.78. The standard InChI is InChI=1S/C12H19N3S/c1-10-3-5-15(6-4-10)8-11-9-16-12(14-11)7-13-2/h3,9,13H,4-8H2,1-2H3. The van der Waals surface area contributed by atoms with Gasteiger partial charge in [-0.3, -0.25) is 4.90 Å². The minimum atomic E-state index is 0.879. The average Bonchev–Trinajstić information content (AvgIpc) is 2.70. The molecule has 0 spiro atoms. The van der Waals surface area contributed by atoms with Gasteiger partial charge in [0.1, 0.15) is 5.01 Å². The van der Waals surface area contributed by atoms with Crippen LogP contribution in [0, 0.1) is 0 Å². The van der Waals surface area contributed by atoms with Crippen LogP contribution in [0.25, 0.3) is 0 Å². The highest BCUT2D eigenvalue weighted by Gasteiger charge is 2.11. The van der Waals surface area contributed by atoms with Gasteiger partial charge >= 0.3 is 0 Å². The molecule has 0 amide bonds. The second kappa shape index (κ2) is 5.57. The first-order valence-electron chi connectivity index (χ1n) is 5.74. The summed E-state index contributed by atoms with van der Waals surface area (Å²) in [5.74, 6) is 0. The molecule has 4 heteroatoms. The Labute approximate surface area is 101 Å². The van der Waals surface area contributed by atoms with Crippen molar-refractivity contribution in [1.29, 1.82) is 0 Å². The Hall–Kier alpha value is -0.710. The summed E-state index contributed by atoms with van der Waals surface area (Å²) in [5, 5.41) is 6.49. The first-order valence-corrected chi connectivity index (χ1v) is 6.62. The van der Waals surface area contributed by atoms with Crippen LogP contribution in [-0.2, 0) is 13.1 Å². The molecular formula is C12H19N3S. The Bertz CT molecular complexity index is 370. The lowest BCUT2D eigenvalue weighted by Gasteiger charge is -2.24. The van der Waals surface area contributed by atoms with Crippen molar-refractivity contribution in [2.45, 2.75) is 26.4 Å². The second-order valence-electron chi connectivity index (χ2n) is 4.30. The summed E-state index contributed by atoms with van der Waals surface area (Å²) in [6.07, 6.45) is 3.53. The predicted octanol–water partition coefficient (Wildman–Crippen LogP) is 2.01. The van der Waals surface area contributed by atoms with Crippen LogP contribution in [0.3, 0.4) is 0 Å². The summed E-state index contributed by atoms with van der Waals surface area (Å²) in [6, 6.07) is 0. The zero-order valence-corrected chi connectivity index (χ0v) is 10.8. The van der Waals surface area contributed by atoms with E-state index in [0.717, 1.165) is 19.6 Å². The zero-order valence-electron chi connectivity index (χ0n) is 9.99. The molecule has 88 valence electrons. The number of nitrogens with zero attached hydrogens (tertiary/aromatic N) is 2. The van der Waals surface area contributed by atoms with E-state index >= 15 is 0 Å². The fourth-order valence-corrected chi connectivity index (χ4v) is 2.64. The van der Waals surface area contributed by atoms with Crippen LogP contribution in [0.1, 0.15) is 24.0 Å². The Morgan fingerprint density at radius 2 is 2.44 bits per heavy atom. The number of aromatic nitrogens is 1. The zero-order chi connectivity index (χ0) is 11.4. The molecule has 0 fully saturated rings. The van der Waals surface area contributed by atoms with Gasteiger partial charge in [-0.25, -0.2) is 4.98 Å². The Morgan fingerprint density at radius 1 is 1.56 bits per heavy atom. The second-order valence-corrected chi connectivity index (χ2v) is 5.24. The van der Waals surface area contributed by atoms with E-state index in [2.05, 4.69) is 33.6 Å². The van der Waals surface area contributed by atoms with Crippen molar-refractivity contribution in [1.82, 2.24) is 15.2 Å². The van der Waals surface area contributed by atoms with Crippen LogP contribution in [-0.4, -0.2) is 30.0 Å². The molecule has 0 saturated carbocycles. The minimum absolute atomic E-state index is 0.879. The van der Waals surface area contributed by atoms with E-state index < -0.39 is 0 Å². The molecule has 0 saturated heterocycles. The molecule has 0 radical (unpaired) electrons. The third-order valence-corrected chi connectivity index (χ3v) is 3.73. The van der Waals surface area contributed by atoms with Gasteiger partial charge < -0.3 is 5.32 Å². The van der Waals surface area contributed by atoms with Crippen LogP contribution >= 0.6 is 11.3 Å². The highest BCUT2D eigenvalue weighted by molar-refractivity contribution is 7.09. The number of thiazole rings is 1. The molecule has 0 atom stereocenters. The molecule has 0 bridgehead atoms. The summed E-state index contributed by atoms with van der Waals surface area (Å²) < 4.78 is 0. The Kier molecular flexibility index (Phi) is 4.09. The maximum Gasteiger partial charge on any atom is 0.107 e. The molecule has 1 aromatic heterocycles. The number of hydrogen-bond donors (Lipinski definition) is 1. The molecule has 0 aliphatic carbocycles. The van der Waals surface area contributed by atoms with Crippen molar-refractivity contribution in [3.63, 3.8) is 0 Å². The lowest BCUT2D eigenvalue weighted by atomic mass is 10.1. The average molecular weight is 237 g/mol. The molecule has 0 unspecified atom stereocenters. The molecule has 2 heterocycles. The van der Waals surface area contributed by atoms with Crippen molar-refractivity contribution in [2.75, 3.05) is 20.1 Å². The minimum Gasteiger partial charge on any atom is -0.314 e. The highest BCUT2D eigenvalue weighted by Crippen LogP contribution is 2.15. The van der Waals surface area contributed by atoms with Crippen molar-refractivity contribution in [2.24, 2.45) is 0 Å². The summed E-state index contributed by atoms with van der Waals surface area (Å²) in [7, 11) is 1.96. The van der Waals surface area contributed by atoms with E-state index in [4.69, 9.17) is 0 Å². The molecular weight excluding hydrogens is 218 g/mol. The molecule has 3 nitrogen and oxygen atoms in total. The number of nitrogens with one attached hydrogen (secondary N) is 1. The van der Waals surface area contributed by atoms with Gasteiger partial charge in [-0.05, 0) is 20.4 Å². The Balaban J connectivity index is 1.89. The quantitative estimate of drug-likeness (QED) is 0.812. The smallest absolute Gasteiger partial charge is 0.107 e. The summed E-state index contributed by atoms with van der Waals surface area (Å²) in [6.45, 7) is 6.32. The van der Waals surface area contributed by atoms with Gasteiger partial charge in [0.15, 0.2) is 0 Å². The summed E-state index contributed by atoms with van der Waals surface area (Å²) in [4.78, 5) is 7.06. The van der Waals surface area contributed by atoms with E-state index in [1.165, 1.54) is 29.2 Å². The van der Waals surface area contributed by atoms with Crippen molar-refractivity contribution in [3.05, 3.63) is 27.7 Å². The third-order valence-electron chi connectivity index (χ3n) is 2.83. The lowest BCUT2D eigenvalue weighted by molar-refractivity contribution is 0.283. The normalized spacial score (nSPS) is 17.5. The van der Waals surface area contributed by atoms with Gasteiger partial charge in [-0.1, -0.05) is 11.6 Å². The van der Waals surface area contributed by atoms with Gasteiger partial charge in [0, 0.05) is 31.6 Å². The van der Waals surface area contributed by atoms with Crippen molar-refractivity contribution < 1.29 is 0 Å². The van der Waals surface area contributed by atoms with Crippen molar-refractivity contribution in [3.8, 4) is 0 Å². The molecule has 2 rings (SSSR count). The van der Waals surface area contributed by atoms with E-state index in [1.807, 2.05) is 7.05 Å². The van der Waals surface area contributed by atoms with Crippen molar-refractivity contribution >= 4 is 11.3 Å². The van der Waals surface area contributed by atoms with Gasteiger partial charge in [0.2, 0.25) is 0 Å². The summed E-state index contributed by atoms with van der Waals surface area (Å²) >= 11 is 1.75. The molecule has 1 aromatic rings. The molecule has 1 aliphatic heterocycles. The predicted molar refractivity (Wildman–Crippen MR) is 68.5 cm³/mol. The van der Waals surface area contributed by atoms with Gasteiger partial charge in [0.05, 0.1) is 5.69 Å². The molecule has 1 aliphatic rings. The van der Waals surface area contributed by atoms with E-state index in [1.54, 1.807) is 11.3 Å². The van der Waals surface area contributed by atoms with Crippen LogP contribution < -0.4 is 5.32 Å². The topological polar surface area (TPSA) is 28.2 Å². The first kappa shape index (κ1) is 11.8. The van der Waals surface area contributed by atoms with Crippen LogP contribution in [0.2, 0.25) is 0 Å². The largest absolute Gasteiger partial charge is 0.314 e. The van der Waals surface area contributed by atoms with Gasteiger partial charge in [0.25, 0.3) is 0 Å². The van der Waals surface area contributed by atoms with E-state index in [0.29, 0.717) is 0 Å². The molecule has 16 heavy (non-hydrogen) atoms. The highest BCUT2D eigenvalue weighted by atomic mass is 32.1. The van der Waals surface area contributed by atoms with Crippen LogP contribution in [0.4, 0.5) is 0 Å². The van der Waals surface area contributed by atoms with E-state index in [-0.39, 0.29) is 0 Å². The van der Waals surface area contributed by atoms with E-state index in [9.17, 15) is 0 Å². The van der Waals surface area contributed by atoms with Gasteiger partial charge in [-0.2, -0.15) is 0 Å².